The van der Waals surface area contributed by atoms with Gasteiger partial charge in [-0.05, 0) is 26.0 Å². The lowest BCUT2D eigenvalue weighted by Crippen LogP contribution is -2.36. The van der Waals surface area contributed by atoms with E-state index < -0.39 is 29.9 Å². The first-order valence-corrected chi connectivity index (χ1v) is 11.6. The van der Waals surface area contributed by atoms with E-state index in [9.17, 15) is 14.0 Å². The summed E-state index contributed by atoms with van der Waals surface area (Å²) in [6.07, 6.45) is 0.511. The summed E-state index contributed by atoms with van der Waals surface area (Å²) < 4.78 is 23.9. The van der Waals surface area contributed by atoms with Crippen LogP contribution in [0.25, 0.3) is 0 Å². The van der Waals surface area contributed by atoms with Gasteiger partial charge in [0.15, 0.2) is 16.9 Å². The van der Waals surface area contributed by atoms with Crippen LogP contribution in [-0.2, 0) is 19.1 Å². The fourth-order valence-electron chi connectivity index (χ4n) is 2.87. The maximum absolute atomic E-state index is 13.6. The molecule has 2 atom stereocenters. The monoisotopic (exact) mass is 529 g/mol. The molecule has 0 saturated heterocycles. The van der Waals surface area contributed by atoms with Crippen molar-refractivity contribution in [1.29, 1.82) is 0 Å². The Morgan fingerprint density at radius 2 is 2.19 bits per heavy atom. The van der Waals surface area contributed by atoms with E-state index >= 15 is 0 Å². The minimum Gasteiger partial charge on any atom is -0.463 e. The normalized spacial score (nSPS) is 16.9. The molecule has 1 aromatic heterocycles. The van der Waals surface area contributed by atoms with Crippen molar-refractivity contribution >= 4 is 56.6 Å². The Bertz CT molecular complexity index is 1050. The standard InChI is InChI=1S/C20H18BrClFN3O4S/c1-3-29-19(27)10(2)30-20(28)15-14(9-21)25-17(18-24-6-7-31-18)26-16(15)12-5-4-11(23)8-13(12)22/h4-8,10,16H,3,9H2,1-2H3,(H,25,26). The van der Waals surface area contributed by atoms with Gasteiger partial charge in [0.05, 0.1) is 12.2 Å². The summed E-state index contributed by atoms with van der Waals surface area (Å²) in [5, 5.41) is 5.85. The molecule has 2 aromatic rings. The largest absolute Gasteiger partial charge is 0.463 e. The average molecular weight is 531 g/mol. The van der Waals surface area contributed by atoms with Gasteiger partial charge in [-0.25, -0.2) is 19.0 Å². The molecule has 1 aliphatic rings. The summed E-state index contributed by atoms with van der Waals surface area (Å²) in [7, 11) is 0. The van der Waals surface area contributed by atoms with Gasteiger partial charge in [0.25, 0.3) is 0 Å². The molecule has 0 saturated carbocycles. The van der Waals surface area contributed by atoms with E-state index in [1.54, 1.807) is 18.5 Å². The molecular formula is C20H18BrClFN3O4S. The molecule has 0 radical (unpaired) electrons. The Labute approximate surface area is 195 Å². The van der Waals surface area contributed by atoms with Crippen LogP contribution >= 0.6 is 38.9 Å². The van der Waals surface area contributed by atoms with Gasteiger partial charge in [0.2, 0.25) is 0 Å². The number of carbonyl (C=O) groups excluding carboxylic acids is 2. The summed E-state index contributed by atoms with van der Waals surface area (Å²) in [4.78, 5) is 33.9. The number of amidine groups is 1. The Hall–Kier alpha value is -2.30. The number of esters is 2. The molecule has 2 heterocycles. The maximum atomic E-state index is 13.6. The predicted molar refractivity (Wildman–Crippen MR) is 119 cm³/mol. The molecule has 0 spiro atoms. The molecule has 1 aromatic carbocycles. The second-order valence-corrected chi connectivity index (χ2v) is 8.20. The third-order valence-electron chi connectivity index (χ3n) is 4.27. The minimum absolute atomic E-state index is 0.104. The summed E-state index contributed by atoms with van der Waals surface area (Å²) in [5.74, 6) is -1.51. The molecule has 11 heteroatoms. The number of hydrogen-bond donors (Lipinski definition) is 1. The van der Waals surface area contributed by atoms with Crippen molar-refractivity contribution in [2.45, 2.75) is 26.0 Å². The number of thiazole rings is 1. The van der Waals surface area contributed by atoms with Gasteiger partial charge in [0, 0.05) is 33.2 Å². The van der Waals surface area contributed by atoms with Crippen molar-refractivity contribution in [3.8, 4) is 0 Å². The molecule has 0 aliphatic carbocycles. The van der Waals surface area contributed by atoms with Crippen molar-refractivity contribution in [3.05, 3.63) is 62.5 Å². The van der Waals surface area contributed by atoms with E-state index in [0.29, 0.717) is 22.1 Å². The fraction of sp³-hybridized carbons (Fsp3) is 0.300. The number of nitrogens with zero attached hydrogens (tertiary/aromatic N) is 2. The highest BCUT2D eigenvalue weighted by Crippen LogP contribution is 2.37. The topological polar surface area (TPSA) is 89.9 Å². The molecule has 0 amide bonds. The smallest absolute Gasteiger partial charge is 0.347 e. The maximum Gasteiger partial charge on any atom is 0.347 e. The minimum atomic E-state index is -1.12. The average Bonchev–Trinajstić information content (AvgIpc) is 3.27. The molecule has 1 N–H and O–H groups in total. The van der Waals surface area contributed by atoms with E-state index in [2.05, 4.69) is 31.2 Å². The predicted octanol–water partition coefficient (Wildman–Crippen LogP) is 4.17. The molecule has 2 unspecified atom stereocenters. The zero-order chi connectivity index (χ0) is 22.5. The van der Waals surface area contributed by atoms with E-state index in [0.717, 1.165) is 6.07 Å². The Kier molecular flexibility index (Phi) is 7.79. The number of alkyl halides is 1. The molecule has 0 bridgehead atoms. The molecule has 1 aliphatic heterocycles. The lowest BCUT2D eigenvalue weighted by atomic mass is 9.96. The van der Waals surface area contributed by atoms with E-state index in [1.807, 2.05) is 0 Å². The summed E-state index contributed by atoms with van der Waals surface area (Å²) in [6, 6.07) is 2.95. The van der Waals surface area contributed by atoms with Crippen LogP contribution in [0.2, 0.25) is 5.02 Å². The number of aromatic nitrogens is 1. The molecule has 0 fully saturated rings. The lowest BCUT2D eigenvalue weighted by Gasteiger charge is -2.27. The Morgan fingerprint density at radius 3 is 2.81 bits per heavy atom. The third-order valence-corrected chi connectivity index (χ3v) is 5.94. The van der Waals surface area contributed by atoms with E-state index in [-0.39, 0.29) is 22.5 Å². The first-order chi connectivity index (χ1) is 14.8. The van der Waals surface area contributed by atoms with Gasteiger partial charge in [-0.1, -0.05) is 33.6 Å². The van der Waals surface area contributed by atoms with E-state index in [1.165, 1.54) is 30.4 Å². The highest BCUT2D eigenvalue weighted by molar-refractivity contribution is 9.09. The number of allylic oxidation sites excluding steroid dienone is 1. The molecule has 7 nitrogen and oxygen atoms in total. The van der Waals surface area contributed by atoms with Crippen LogP contribution in [0, 0.1) is 5.82 Å². The highest BCUT2D eigenvalue weighted by Gasteiger charge is 2.35. The quantitative estimate of drug-likeness (QED) is 0.427. The van der Waals surface area contributed by atoms with Crippen LogP contribution in [0.4, 0.5) is 4.39 Å². The van der Waals surface area contributed by atoms with Crippen molar-refractivity contribution in [2.75, 3.05) is 11.9 Å². The SMILES string of the molecule is CCOC(=O)C(C)OC(=O)C1=C(CBr)NC(c2nccs2)=NC1c1ccc(F)cc1Cl. The number of carbonyl (C=O) groups is 2. The summed E-state index contributed by atoms with van der Waals surface area (Å²) in [6.45, 7) is 3.24. The summed E-state index contributed by atoms with van der Waals surface area (Å²) in [5.41, 5.74) is 1.02. The van der Waals surface area contributed by atoms with Crippen molar-refractivity contribution in [3.63, 3.8) is 0 Å². The highest BCUT2D eigenvalue weighted by atomic mass is 79.9. The molecule has 164 valence electrons. The Balaban J connectivity index is 2.05. The van der Waals surface area contributed by atoms with Crippen molar-refractivity contribution in [2.24, 2.45) is 4.99 Å². The van der Waals surface area contributed by atoms with Crippen molar-refractivity contribution in [1.82, 2.24) is 10.3 Å². The van der Waals surface area contributed by atoms with Crippen molar-refractivity contribution < 1.29 is 23.5 Å². The summed E-state index contributed by atoms with van der Waals surface area (Å²) >= 11 is 11.0. The van der Waals surface area contributed by atoms with Crippen LogP contribution < -0.4 is 5.32 Å². The number of ether oxygens (including phenoxy) is 2. The van der Waals surface area contributed by atoms with Crippen LogP contribution in [0.1, 0.15) is 30.5 Å². The number of hydrogen-bond acceptors (Lipinski definition) is 8. The number of benzene rings is 1. The zero-order valence-electron chi connectivity index (χ0n) is 16.5. The van der Waals surface area contributed by atoms with Gasteiger partial charge in [-0.15, -0.1) is 11.3 Å². The van der Waals surface area contributed by atoms with Gasteiger partial charge in [0.1, 0.15) is 11.9 Å². The second-order valence-electron chi connectivity index (χ2n) is 6.33. The molecular weight excluding hydrogens is 513 g/mol. The first-order valence-electron chi connectivity index (χ1n) is 9.21. The molecule has 3 rings (SSSR count). The third kappa shape index (κ3) is 5.31. The molecule has 31 heavy (non-hydrogen) atoms. The van der Waals surface area contributed by atoms with Crippen LogP contribution in [-0.4, -0.2) is 40.8 Å². The number of rotatable bonds is 7. The van der Waals surface area contributed by atoms with Gasteiger partial charge < -0.3 is 14.8 Å². The number of aliphatic imine (C=N–C) groups is 1. The fourth-order valence-corrected chi connectivity index (χ4v) is 4.17. The number of nitrogens with one attached hydrogen (secondary N) is 1. The van der Waals surface area contributed by atoms with Crippen LogP contribution in [0.5, 0.6) is 0 Å². The van der Waals surface area contributed by atoms with Crippen LogP contribution in [0.15, 0.2) is 46.0 Å². The Morgan fingerprint density at radius 1 is 1.42 bits per heavy atom. The second kappa shape index (κ2) is 10.3. The van der Waals surface area contributed by atoms with Crippen LogP contribution in [0.3, 0.4) is 0 Å². The zero-order valence-corrected chi connectivity index (χ0v) is 19.7. The lowest BCUT2D eigenvalue weighted by molar-refractivity contribution is -0.164. The first kappa shape index (κ1) is 23.4. The van der Waals surface area contributed by atoms with Gasteiger partial charge in [-0.2, -0.15) is 0 Å². The number of halogens is 3. The van der Waals surface area contributed by atoms with E-state index in [4.69, 9.17) is 21.1 Å². The van der Waals surface area contributed by atoms with Gasteiger partial charge in [-0.3, -0.25) is 4.99 Å². The van der Waals surface area contributed by atoms with Gasteiger partial charge >= 0.3 is 11.9 Å².